The molecule has 1 heterocycles. The molecule has 15 heavy (non-hydrogen) atoms. The molecular formula is C9H16O6. The predicted molar refractivity (Wildman–Crippen MR) is 48.3 cm³/mol. The van der Waals surface area contributed by atoms with Gasteiger partial charge in [-0.25, -0.2) is 4.79 Å². The SMILES string of the molecule is CC(C)(C)COC(=O)COCOC1OO1. The molecule has 6 heteroatoms. The predicted octanol–water partition coefficient (Wildman–Crippen LogP) is 0.812. The van der Waals surface area contributed by atoms with Crippen LogP contribution >= 0.6 is 0 Å². The average Bonchev–Trinajstić information content (AvgIpc) is 2.91. The molecule has 0 spiro atoms. The van der Waals surface area contributed by atoms with Crippen LogP contribution in [0.4, 0.5) is 0 Å². The zero-order chi connectivity index (χ0) is 11.3. The van der Waals surface area contributed by atoms with Crippen LogP contribution in [0, 0.1) is 5.41 Å². The van der Waals surface area contributed by atoms with Crippen molar-refractivity contribution >= 4 is 5.97 Å². The second-order valence-corrected chi connectivity index (χ2v) is 4.34. The zero-order valence-corrected chi connectivity index (χ0v) is 9.15. The number of carbonyl (C=O) groups is 1. The van der Waals surface area contributed by atoms with Crippen LogP contribution < -0.4 is 0 Å². The fourth-order valence-electron chi connectivity index (χ4n) is 0.646. The minimum Gasteiger partial charge on any atom is -0.463 e. The Labute approximate surface area is 88.3 Å². The monoisotopic (exact) mass is 220 g/mol. The van der Waals surface area contributed by atoms with Gasteiger partial charge in [0.2, 0.25) is 0 Å². The Kier molecular flexibility index (Phi) is 4.46. The molecule has 0 radical (unpaired) electrons. The molecule has 0 unspecified atom stereocenters. The molecule has 1 aliphatic rings. The van der Waals surface area contributed by atoms with Gasteiger partial charge in [0.1, 0.15) is 6.61 Å². The third-order valence-corrected chi connectivity index (χ3v) is 1.35. The van der Waals surface area contributed by atoms with Crippen molar-refractivity contribution in [1.29, 1.82) is 0 Å². The average molecular weight is 220 g/mol. The van der Waals surface area contributed by atoms with Gasteiger partial charge in [0, 0.05) is 0 Å². The Morgan fingerprint density at radius 1 is 1.33 bits per heavy atom. The summed E-state index contributed by atoms with van der Waals surface area (Å²) in [6.07, 6.45) is 0. The van der Waals surface area contributed by atoms with E-state index in [0.29, 0.717) is 6.61 Å². The number of rotatable bonds is 6. The Hall–Kier alpha value is -0.690. The summed E-state index contributed by atoms with van der Waals surface area (Å²) in [5, 5.41) is 0. The summed E-state index contributed by atoms with van der Waals surface area (Å²) < 4.78 is 14.6. The minimum atomic E-state index is -0.643. The molecule has 1 saturated heterocycles. The Morgan fingerprint density at radius 3 is 2.53 bits per heavy atom. The van der Waals surface area contributed by atoms with Crippen molar-refractivity contribution in [3.05, 3.63) is 0 Å². The van der Waals surface area contributed by atoms with Gasteiger partial charge in [-0.05, 0) is 5.41 Å². The molecule has 0 amide bonds. The van der Waals surface area contributed by atoms with Gasteiger partial charge >= 0.3 is 12.4 Å². The first-order valence-electron chi connectivity index (χ1n) is 4.64. The van der Waals surface area contributed by atoms with E-state index in [4.69, 9.17) is 14.2 Å². The Bertz CT molecular complexity index is 205. The Balaban J connectivity index is 1.93. The largest absolute Gasteiger partial charge is 0.463 e. The van der Waals surface area contributed by atoms with Crippen molar-refractivity contribution < 1.29 is 28.8 Å². The lowest BCUT2D eigenvalue weighted by molar-refractivity contribution is -0.160. The highest BCUT2D eigenvalue weighted by atomic mass is 17.4. The van der Waals surface area contributed by atoms with Crippen molar-refractivity contribution in [2.45, 2.75) is 27.2 Å². The highest BCUT2D eigenvalue weighted by Gasteiger charge is 2.26. The molecule has 1 fully saturated rings. The van der Waals surface area contributed by atoms with Gasteiger partial charge in [-0.3, -0.25) is 4.74 Å². The van der Waals surface area contributed by atoms with E-state index < -0.39 is 12.4 Å². The van der Waals surface area contributed by atoms with Crippen LogP contribution in [0.5, 0.6) is 0 Å². The van der Waals surface area contributed by atoms with Crippen LogP contribution in [-0.2, 0) is 28.8 Å². The van der Waals surface area contributed by atoms with Crippen molar-refractivity contribution in [3.8, 4) is 0 Å². The van der Waals surface area contributed by atoms with Crippen molar-refractivity contribution in [1.82, 2.24) is 0 Å². The fraction of sp³-hybridized carbons (Fsp3) is 0.889. The second-order valence-electron chi connectivity index (χ2n) is 4.34. The fourth-order valence-corrected chi connectivity index (χ4v) is 0.646. The lowest BCUT2D eigenvalue weighted by Crippen LogP contribution is -2.21. The summed E-state index contributed by atoms with van der Waals surface area (Å²) in [7, 11) is 0. The minimum absolute atomic E-state index is 0.0398. The molecule has 0 saturated carbocycles. The lowest BCUT2D eigenvalue weighted by Gasteiger charge is -2.17. The van der Waals surface area contributed by atoms with E-state index in [9.17, 15) is 4.79 Å². The van der Waals surface area contributed by atoms with Crippen molar-refractivity contribution in [2.75, 3.05) is 20.0 Å². The van der Waals surface area contributed by atoms with Gasteiger partial charge in [-0.2, -0.15) is 9.78 Å². The van der Waals surface area contributed by atoms with Crippen LogP contribution in [0.25, 0.3) is 0 Å². The van der Waals surface area contributed by atoms with Gasteiger partial charge in [-0.15, -0.1) is 0 Å². The number of hydrogen-bond acceptors (Lipinski definition) is 6. The van der Waals surface area contributed by atoms with E-state index in [1.807, 2.05) is 20.8 Å². The topological polar surface area (TPSA) is 69.8 Å². The summed E-state index contributed by atoms with van der Waals surface area (Å²) in [6.45, 7) is 5.46. The molecule has 0 bridgehead atoms. The molecular weight excluding hydrogens is 204 g/mol. The number of esters is 1. The van der Waals surface area contributed by atoms with E-state index in [0.717, 1.165) is 0 Å². The molecule has 0 aliphatic carbocycles. The molecule has 88 valence electrons. The molecule has 0 aromatic rings. The summed E-state index contributed by atoms with van der Waals surface area (Å²) >= 11 is 0. The molecule has 1 rings (SSSR count). The first kappa shape index (κ1) is 12.4. The van der Waals surface area contributed by atoms with Crippen LogP contribution in [0.2, 0.25) is 0 Å². The second kappa shape index (κ2) is 5.41. The number of hydrogen-bond donors (Lipinski definition) is 0. The Morgan fingerprint density at radius 2 is 2.00 bits per heavy atom. The van der Waals surface area contributed by atoms with E-state index in [1.54, 1.807) is 0 Å². The molecule has 6 nitrogen and oxygen atoms in total. The normalized spacial score (nSPS) is 16.5. The molecule has 0 atom stereocenters. The van der Waals surface area contributed by atoms with Gasteiger partial charge in [0.25, 0.3) is 0 Å². The van der Waals surface area contributed by atoms with Gasteiger partial charge < -0.3 is 9.47 Å². The van der Waals surface area contributed by atoms with E-state index in [1.165, 1.54) is 0 Å². The summed E-state index contributed by atoms with van der Waals surface area (Å²) in [5.74, 6) is -0.411. The van der Waals surface area contributed by atoms with Crippen molar-refractivity contribution in [2.24, 2.45) is 5.41 Å². The first-order chi connectivity index (χ1) is 6.97. The van der Waals surface area contributed by atoms with Gasteiger partial charge in [0.15, 0.2) is 6.79 Å². The summed E-state index contributed by atoms with van der Waals surface area (Å²) in [6, 6.07) is 0. The molecule has 0 N–H and O–H groups in total. The molecule has 0 aromatic heterocycles. The first-order valence-corrected chi connectivity index (χ1v) is 4.64. The molecule has 0 aromatic carbocycles. The van der Waals surface area contributed by atoms with E-state index in [2.05, 4.69) is 9.78 Å². The van der Waals surface area contributed by atoms with Crippen LogP contribution in [0.3, 0.4) is 0 Å². The van der Waals surface area contributed by atoms with Crippen molar-refractivity contribution in [3.63, 3.8) is 0 Å². The zero-order valence-electron chi connectivity index (χ0n) is 9.15. The van der Waals surface area contributed by atoms with Crippen LogP contribution in [-0.4, -0.2) is 32.5 Å². The number of carbonyl (C=O) groups excluding carboxylic acids is 1. The van der Waals surface area contributed by atoms with Gasteiger partial charge in [-0.1, -0.05) is 20.8 Å². The third kappa shape index (κ3) is 7.26. The highest BCUT2D eigenvalue weighted by Crippen LogP contribution is 2.13. The lowest BCUT2D eigenvalue weighted by atomic mass is 9.99. The highest BCUT2D eigenvalue weighted by molar-refractivity contribution is 5.70. The maximum atomic E-state index is 11.1. The summed E-state index contributed by atoms with van der Waals surface area (Å²) in [4.78, 5) is 19.7. The smallest absolute Gasteiger partial charge is 0.332 e. The van der Waals surface area contributed by atoms with E-state index in [-0.39, 0.29) is 18.8 Å². The van der Waals surface area contributed by atoms with Crippen LogP contribution in [0.1, 0.15) is 20.8 Å². The standard InChI is InChI=1S/C9H16O6/c1-9(2,3)5-12-7(10)4-11-6-13-8-14-15-8/h8H,4-6H2,1-3H3. The maximum Gasteiger partial charge on any atom is 0.332 e. The summed E-state index contributed by atoms with van der Waals surface area (Å²) in [5.41, 5.74) is -0.0398. The maximum absolute atomic E-state index is 11.1. The van der Waals surface area contributed by atoms with E-state index >= 15 is 0 Å². The quantitative estimate of drug-likeness (QED) is 0.217. The third-order valence-electron chi connectivity index (χ3n) is 1.35. The van der Waals surface area contributed by atoms with Crippen LogP contribution in [0.15, 0.2) is 0 Å². The molecule has 1 aliphatic heterocycles. The van der Waals surface area contributed by atoms with Gasteiger partial charge in [0.05, 0.1) is 6.61 Å². The number of ether oxygens (including phenoxy) is 3.